The Labute approximate surface area is 138 Å². The molecule has 1 rings (SSSR count). The number of amides is 1. The Morgan fingerprint density at radius 3 is 2.39 bits per heavy atom. The molecule has 0 radical (unpaired) electrons. The van der Waals surface area contributed by atoms with E-state index in [2.05, 4.69) is 5.32 Å². The van der Waals surface area contributed by atoms with E-state index in [1.165, 1.54) is 0 Å². The van der Waals surface area contributed by atoms with Crippen molar-refractivity contribution < 1.29 is 19.1 Å². The number of hydrogen-bond acceptors (Lipinski definition) is 4. The van der Waals surface area contributed by atoms with Crippen LogP contribution in [0.1, 0.15) is 56.8 Å². The van der Waals surface area contributed by atoms with E-state index in [0.717, 1.165) is 25.0 Å². The van der Waals surface area contributed by atoms with Crippen molar-refractivity contribution in [2.24, 2.45) is 0 Å². The van der Waals surface area contributed by atoms with Gasteiger partial charge in [-0.3, -0.25) is 9.59 Å². The molecule has 1 amide bonds. The van der Waals surface area contributed by atoms with Crippen LogP contribution in [0.5, 0.6) is 5.75 Å². The van der Waals surface area contributed by atoms with Crippen molar-refractivity contribution >= 4 is 11.9 Å². The molecule has 0 saturated heterocycles. The summed E-state index contributed by atoms with van der Waals surface area (Å²) in [6.45, 7) is 6.75. The first-order valence-corrected chi connectivity index (χ1v) is 8.23. The molecular formula is C18H27NO4. The van der Waals surface area contributed by atoms with E-state index < -0.39 is 0 Å². The smallest absolute Gasteiger partial charge is 0.305 e. The lowest BCUT2D eigenvalue weighted by atomic mass is 10.1. The zero-order chi connectivity index (χ0) is 17.1. The van der Waals surface area contributed by atoms with E-state index in [-0.39, 0.29) is 18.0 Å². The Kier molecular flexibility index (Phi) is 8.80. The molecule has 1 N–H and O–H groups in total. The summed E-state index contributed by atoms with van der Waals surface area (Å²) in [5.41, 5.74) is 0.618. The minimum Gasteiger partial charge on any atom is -0.491 e. The molecule has 0 unspecified atom stereocenters. The quantitative estimate of drug-likeness (QED) is 0.530. The lowest BCUT2D eigenvalue weighted by Crippen LogP contribution is -2.24. The second-order valence-electron chi connectivity index (χ2n) is 5.56. The van der Waals surface area contributed by atoms with Gasteiger partial charge in [-0.05, 0) is 57.9 Å². The second kappa shape index (κ2) is 10.6. The molecule has 5 nitrogen and oxygen atoms in total. The molecule has 0 bridgehead atoms. The average molecular weight is 321 g/mol. The predicted octanol–water partition coefficient (Wildman–Crippen LogP) is 3.33. The third-order valence-electron chi connectivity index (χ3n) is 3.14. The second-order valence-corrected chi connectivity index (χ2v) is 5.56. The maximum atomic E-state index is 12.0. The summed E-state index contributed by atoms with van der Waals surface area (Å²) in [7, 11) is 0. The highest BCUT2D eigenvalue weighted by Gasteiger charge is 2.06. The Balaban J connectivity index is 2.20. The van der Waals surface area contributed by atoms with Gasteiger partial charge in [-0.2, -0.15) is 0 Å². The van der Waals surface area contributed by atoms with Crippen LogP contribution in [0, 0.1) is 0 Å². The zero-order valence-corrected chi connectivity index (χ0v) is 14.3. The number of hydrogen-bond donors (Lipinski definition) is 1. The highest BCUT2D eigenvalue weighted by molar-refractivity contribution is 5.94. The molecule has 0 heterocycles. The Morgan fingerprint density at radius 1 is 1.09 bits per heavy atom. The first-order chi connectivity index (χ1) is 11.0. The normalized spacial score (nSPS) is 10.4. The molecule has 0 aliphatic heterocycles. The number of benzene rings is 1. The molecule has 0 atom stereocenters. The van der Waals surface area contributed by atoms with Gasteiger partial charge in [0.05, 0.1) is 12.7 Å². The lowest BCUT2D eigenvalue weighted by molar-refractivity contribution is -0.143. The molecular weight excluding hydrogens is 294 g/mol. The minimum atomic E-state index is -0.153. The van der Waals surface area contributed by atoms with E-state index in [1.54, 1.807) is 31.2 Å². The number of rotatable bonds is 10. The topological polar surface area (TPSA) is 64.6 Å². The molecule has 0 spiro atoms. The molecule has 0 saturated carbocycles. The first kappa shape index (κ1) is 19.0. The number of unbranched alkanes of at least 4 members (excludes halogenated alkanes) is 2. The van der Waals surface area contributed by atoms with Crippen molar-refractivity contribution in [3.05, 3.63) is 29.8 Å². The summed E-state index contributed by atoms with van der Waals surface area (Å²) in [5, 5.41) is 2.88. The van der Waals surface area contributed by atoms with Gasteiger partial charge in [0.1, 0.15) is 5.75 Å². The fourth-order valence-corrected chi connectivity index (χ4v) is 2.07. The van der Waals surface area contributed by atoms with Crippen LogP contribution < -0.4 is 10.1 Å². The van der Waals surface area contributed by atoms with Crippen molar-refractivity contribution in [2.75, 3.05) is 13.2 Å². The molecule has 0 fully saturated rings. The van der Waals surface area contributed by atoms with Gasteiger partial charge in [-0.1, -0.05) is 6.42 Å². The number of carbonyl (C=O) groups excluding carboxylic acids is 2. The van der Waals surface area contributed by atoms with Gasteiger partial charge in [0, 0.05) is 18.5 Å². The maximum Gasteiger partial charge on any atom is 0.305 e. The summed E-state index contributed by atoms with van der Waals surface area (Å²) in [4.78, 5) is 23.1. The molecule has 0 aliphatic carbocycles. The van der Waals surface area contributed by atoms with Crippen LogP contribution in [-0.2, 0) is 9.53 Å². The predicted molar refractivity (Wildman–Crippen MR) is 89.6 cm³/mol. The van der Waals surface area contributed by atoms with Crippen molar-refractivity contribution in [2.45, 2.75) is 52.6 Å². The monoisotopic (exact) mass is 321 g/mol. The van der Waals surface area contributed by atoms with E-state index >= 15 is 0 Å². The average Bonchev–Trinajstić information content (AvgIpc) is 2.51. The Morgan fingerprint density at radius 2 is 1.78 bits per heavy atom. The van der Waals surface area contributed by atoms with Gasteiger partial charge in [0.25, 0.3) is 5.91 Å². The summed E-state index contributed by atoms with van der Waals surface area (Å²) >= 11 is 0. The van der Waals surface area contributed by atoms with Crippen molar-refractivity contribution in [1.82, 2.24) is 5.32 Å². The zero-order valence-electron chi connectivity index (χ0n) is 14.3. The van der Waals surface area contributed by atoms with Gasteiger partial charge < -0.3 is 14.8 Å². The highest BCUT2D eigenvalue weighted by Crippen LogP contribution is 2.13. The van der Waals surface area contributed by atoms with Crippen LogP contribution in [0.25, 0.3) is 0 Å². The van der Waals surface area contributed by atoms with Gasteiger partial charge in [0.2, 0.25) is 0 Å². The number of esters is 1. The summed E-state index contributed by atoms with van der Waals surface area (Å²) in [6, 6.07) is 7.12. The molecule has 128 valence electrons. The maximum absolute atomic E-state index is 12.0. The van der Waals surface area contributed by atoms with Crippen LogP contribution in [0.4, 0.5) is 0 Å². The van der Waals surface area contributed by atoms with E-state index in [4.69, 9.17) is 9.47 Å². The van der Waals surface area contributed by atoms with Crippen LogP contribution in [0.3, 0.4) is 0 Å². The van der Waals surface area contributed by atoms with Crippen LogP contribution in [0.15, 0.2) is 24.3 Å². The van der Waals surface area contributed by atoms with Gasteiger partial charge in [-0.25, -0.2) is 0 Å². The first-order valence-electron chi connectivity index (χ1n) is 8.23. The van der Waals surface area contributed by atoms with E-state index in [9.17, 15) is 9.59 Å². The van der Waals surface area contributed by atoms with Crippen molar-refractivity contribution in [1.29, 1.82) is 0 Å². The van der Waals surface area contributed by atoms with E-state index in [0.29, 0.717) is 25.1 Å². The van der Waals surface area contributed by atoms with E-state index in [1.807, 2.05) is 13.8 Å². The standard InChI is InChI=1S/C18H27NO4/c1-4-22-17(20)8-6-5-7-13-19-18(21)15-9-11-16(12-10-15)23-14(2)3/h9-12,14H,4-8,13H2,1-3H3,(H,19,21). The van der Waals surface area contributed by atoms with Crippen molar-refractivity contribution in [3.8, 4) is 5.75 Å². The fraction of sp³-hybridized carbons (Fsp3) is 0.556. The summed E-state index contributed by atoms with van der Waals surface area (Å²) in [6.07, 6.45) is 3.08. The third-order valence-corrected chi connectivity index (χ3v) is 3.14. The molecule has 0 aliphatic rings. The molecule has 5 heteroatoms. The largest absolute Gasteiger partial charge is 0.491 e. The summed E-state index contributed by atoms with van der Waals surface area (Å²) < 4.78 is 10.4. The highest BCUT2D eigenvalue weighted by atomic mass is 16.5. The van der Waals surface area contributed by atoms with Crippen molar-refractivity contribution in [3.63, 3.8) is 0 Å². The molecule has 23 heavy (non-hydrogen) atoms. The third kappa shape index (κ3) is 8.24. The van der Waals surface area contributed by atoms with Gasteiger partial charge in [-0.15, -0.1) is 0 Å². The number of carbonyl (C=O) groups is 2. The SMILES string of the molecule is CCOC(=O)CCCCCNC(=O)c1ccc(OC(C)C)cc1. The van der Waals surface area contributed by atoms with Crippen LogP contribution in [0.2, 0.25) is 0 Å². The number of ether oxygens (including phenoxy) is 2. The Bertz CT molecular complexity index is 482. The minimum absolute atomic E-state index is 0.0912. The molecule has 1 aromatic rings. The fourth-order valence-electron chi connectivity index (χ4n) is 2.07. The summed E-state index contributed by atoms with van der Waals surface area (Å²) in [5.74, 6) is 0.516. The Hall–Kier alpha value is -2.04. The van der Waals surface area contributed by atoms with Gasteiger partial charge >= 0.3 is 5.97 Å². The molecule has 1 aromatic carbocycles. The van der Waals surface area contributed by atoms with Crippen LogP contribution >= 0.6 is 0 Å². The lowest BCUT2D eigenvalue weighted by Gasteiger charge is -2.10. The van der Waals surface area contributed by atoms with Crippen LogP contribution in [-0.4, -0.2) is 31.1 Å². The van der Waals surface area contributed by atoms with Gasteiger partial charge in [0.15, 0.2) is 0 Å². The molecule has 0 aromatic heterocycles. The number of nitrogens with one attached hydrogen (secondary N) is 1.